The van der Waals surface area contributed by atoms with Crippen molar-refractivity contribution in [2.75, 3.05) is 11.4 Å². The summed E-state index contributed by atoms with van der Waals surface area (Å²) in [5.41, 5.74) is 0.854. The van der Waals surface area contributed by atoms with Crippen molar-refractivity contribution in [1.82, 2.24) is 5.32 Å². The minimum atomic E-state index is -0.289. The molecule has 2 amide bonds. The van der Waals surface area contributed by atoms with E-state index in [1.807, 2.05) is 30.3 Å². The van der Waals surface area contributed by atoms with E-state index in [0.717, 1.165) is 5.69 Å². The summed E-state index contributed by atoms with van der Waals surface area (Å²) in [4.78, 5) is 25.6. The minimum absolute atomic E-state index is 0.0148. The molecule has 1 aliphatic rings. The highest BCUT2D eigenvalue weighted by Gasteiger charge is 2.31. The van der Waals surface area contributed by atoms with Gasteiger partial charge in [0.1, 0.15) is 0 Å². The van der Waals surface area contributed by atoms with Crippen molar-refractivity contribution in [3.63, 3.8) is 0 Å². The van der Waals surface area contributed by atoms with Crippen LogP contribution < -0.4 is 10.2 Å². The van der Waals surface area contributed by atoms with Gasteiger partial charge in [-0.05, 0) is 24.3 Å². The molecule has 1 aliphatic heterocycles. The van der Waals surface area contributed by atoms with Crippen LogP contribution in [0.5, 0.6) is 0 Å². The van der Waals surface area contributed by atoms with Crippen LogP contribution >= 0.6 is 0 Å². The van der Waals surface area contributed by atoms with Gasteiger partial charge in [-0.15, -0.1) is 0 Å². The molecule has 1 aromatic carbocycles. The van der Waals surface area contributed by atoms with Gasteiger partial charge in [0.2, 0.25) is 5.91 Å². The SMILES string of the molecule is O=C(NC1CC(=O)N(c2ccccc2)C1)c1ccco1. The number of rotatable bonds is 3. The lowest BCUT2D eigenvalue weighted by Gasteiger charge is -2.16. The van der Waals surface area contributed by atoms with Gasteiger partial charge in [-0.25, -0.2) is 0 Å². The Morgan fingerprint density at radius 3 is 2.70 bits per heavy atom. The highest BCUT2D eigenvalue weighted by atomic mass is 16.3. The first-order chi connectivity index (χ1) is 9.74. The lowest BCUT2D eigenvalue weighted by Crippen LogP contribution is -2.37. The monoisotopic (exact) mass is 270 g/mol. The zero-order valence-corrected chi connectivity index (χ0v) is 10.8. The number of nitrogens with one attached hydrogen (secondary N) is 1. The van der Waals surface area contributed by atoms with Crippen LogP contribution in [-0.4, -0.2) is 24.4 Å². The summed E-state index contributed by atoms with van der Waals surface area (Å²) in [6.07, 6.45) is 1.76. The van der Waals surface area contributed by atoms with Crippen molar-refractivity contribution >= 4 is 17.5 Å². The fourth-order valence-corrected chi connectivity index (χ4v) is 2.33. The van der Waals surface area contributed by atoms with Gasteiger partial charge in [0.25, 0.3) is 5.91 Å². The van der Waals surface area contributed by atoms with Crippen LogP contribution in [0.2, 0.25) is 0 Å². The average Bonchev–Trinajstić information content (AvgIpc) is 3.09. The maximum Gasteiger partial charge on any atom is 0.287 e. The largest absolute Gasteiger partial charge is 0.459 e. The van der Waals surface area contributed by atoms with Crippen LogP contribution in [0, 0.1) is 0 Å². The van der Waals surface area contributed by atoms with Crippen molar-refractivity contribution in [2.24, 2.45) is 0 Å². The molecule has 1 atom stereocenters. The number of hydrogen-bond donors (Lipinski definition) is 1. The number of benzene rings is 1. The fourth-order valence-electron chi connectivity index (χ4n) is 2.33. The molecule has 0 radical (unpaired) electrons. The number of anilines is 1. The second-order valence-electron chi connectivity index (χ2n) is 4.69. The van der Waals surface area contributed by atoms with Gasteiger partial charge in [0.15, 0.2) is 5.76 Å². The molecule has 1 unspecified atom stereocenters. The number of hydrogen-bond acceptors (Lipinski definition) is 3. The maximum absolute atomic E-state index is 12.0. The zero-order valence-electron chi connectivity index (χ0n) is 10.8. The lowest BCUT2D eigenvalue weighted by atomic mass is 10.2. The maximum atomic E-state index is 12.0. The molecule has 1 fully saturated rings. The number of carbonyl (C=O) groups excluding carboxylic acids is 2. The van der Waals surface area contributed by atoms with Crippen molar-refractivity contribution in [1.29, 1.82) is 0 Å². The summed E-state index contributed by atoms with van der Waals surface area (Å²) >= 11 is 0. The van der Waals surface area contributed by atoms with Gasteiger partial charge in [-0.2, -0.15) is 0 Å². The molecular formula is C15H14N2O3. The third kappa shape index (κ3) is 2.42. The summed E-state index contributed by atoms with van der Waals surface area (Å²) < 4.78 is 5.03. The van der Waals surface area contributed by atoms with Crippen LogP contribution in [-0.2, 0) is 4.79 Å². The summed E-state index contributed by atoms with van der Waals surface area (Å²) in [5, 5.41) is 2.82. The molecule has 2 aromatic rings. The first-order valence-corrected chi connectivity index (χ1v) is 6.44. The van der Waals surface area contributed by atoms with E-state index in [1.54, 1.807) is 17.0 Å². The van der Waals surface area contributed by atoms with Crippen molar-refractivity contribution in [3.05, 3.63) is 54.5 Å². The van der Waals surface area contributed by atoms with Crippen LogP contribution in [0.1, 0.15) is 17.0 Å². The molecule has 1 N–H and O–H groups in total. The van der Waals surface area contributed by atoms with E-state index in [9.17, 15) is 9.59 Å². The molecule has 3 rings (SSSR count). The Labute approximate surface area is 116 Å². The quantitative estimate of drug-likeness (QED) is 0.925. The van der Waals surface area contributed by atoms with Crippen LogP contribution in [0.15, 0.2) is 53.1 Å². The van der Waals surface area contributed by atoms with Crippen molar-refractivity contribution in [2.45, 2.75) is 12.5 Å². The van der Waals surface area contributed by atoms with Gasteiger partial charge < -0.3 is 14.6 Å². The zero-order chi connectivity index (χ0) is 13.9. The number of para-hydroxylation sites is 1. The molecule has 2 heterocycles. The third-order valence-electron chi connectivity index (χ3n) is 3.27. The smallest absolute Gasteiger partial charge is 0.287 e. The molecule has 102 valence electrons. The molecule has 20 heavy (non-hydrogen) atoms. The van der Waals surface area contributed by atoms with E-state index >= 15 is 0 Å². The Balaban J connectivity index is 1.67. The van der Waals surface area contributed by atoms with E-state index in [0.29, 0.717) is 13.0 Å². The molecule has 0 saturated carbocycles. The molecular weight excluding hydrogens is 256 g/mol. The molecule has 1 saturated heterocycles. The topological polar surface area (TPSA) is 62.6 Å². The predicted molar refractivity (Wildman–Crippen MR) is 73.4 cm³/mol. The van der Waals surface area contributed by atoms with Gasteiger partial charge >= 0.3 is 0 Å². The molecule has 1 aromatic heterocycles. The van der Waals surface area contributed by atoms with Crippen molar-refractivity contribution in [3.8, 4) is 0 Å². The minimum Gasteiger partial charge on any atom is -0.459 e. The number of amides is 2. The van der Waals surface area contributed by atoms with E-state index < -0.39 is 0 Å². The normalized spacial score (nSPS) is 18.3. The summed E-state index contributed by atoms with van der Waals surface area (Å²) in [6, 6.07) is 12.5. The van der Waals surface area contributed by atoms with Gasteiger partial charge in [-0.1, -0.05) is 18.2 Å². The Bertz CT molecular complexity index is 607. The molecule has 0 bridgehead atoms. The number of carbonyl (C=O) groups is 2. The predicted octanol–water partition coefficient (Wildman–Crippen LogP) is 1.81. The first kappa shape index (κ1) is 12.5. The van der Waals surface area contributed by atoms with Gasteiger partial charge in [0, 0.05) is 18.7 Å². The highest BCUT2D eigenvalue weighted by molar-refractivity contribution is 5.98. The van der Waals surface area contributed by atoms with Gasteiger partial charge in [0.05, 0.1) is 12.3 Å². The highest BCUT2D eigenvalue weighted by Crippen LogP contribution is 2.21. The van der Waals surface area contributed by atoms with E-state index in [1.165, 1.54) is 6.26 Å². The summed E-state index contributed by atoms with van der Waals surface area (Å²) in [6.45, 7) is 0.481. The van der Waals surface area contributed by atoms with Crippen LogP contribution in [0.3, 0.4) is 0 Å². The summed E-state index contributed by atoms with van der Waals surface area (Å²) in [7, 11) is 0. The first-order valence-electron chi connectivity index (χ1n) is 6.44. The fraction of sp³-hybridized carbons (Fsp3) is 0.200. The molecule has 0 aliphatic carbocycles. The lowest BCUT2D eigenvalue weighted by molar-refractivity contribution is -0.117. The number of nitrogens with zero attached hydrogens (tertiary/aromatic N) is 1. The standard InChI is InChI=1S/C15H14N2O3/c18-14-9-11(16-15(19)13-7-4-8-20-13)10-17(14)12-5-2-1-3-6-12/h1-8,11H,9-10H2,(H,16,19). The van der Waals surface area contributed by atoms with E-state index in [4.69, 9.17) is 4.42 Å². The average molecular weight is 270 g/mol. The van der Waals surface area contributed by atoms with E-state index in [-0.39, 0.29) is 23.6 Å². The molecule has 5 nitrogen and oxygen atoms in total. The second-order valence-corrected chi connectivity index (χ2v) is 4.69. The Kier molecular flexibility index (Phi) is 3.25. The van der Waals surface area contributed by atoms with Gasteiger partial charge in [-0.3, -0.25) is 9.59 Å². The Hall–Kier alpha value is -2.56. The molecule has 5 heteroatoms. The van der Waals surface area contributed by atoms with Crippen LogP contribution in [0.4, 0.5) is 5.69 Å². The summed E-state index contributed by atoms with van der Waals surface area (Å²) in [5.74, 6) is -0.0146. The van der Waals surface area contributed by atoms with Crippen LogP contribution in [0.25, 0.3) is 0 Å². The Morgan fingerprint density at radius 1 is 1.20 bits per heavy atom. The second kappa shape index (κ2) is 5.21. The van der Waals surface area contributed by atoms with Crippen molar-refractivity contribution < 1.29 is 14.0 Å². The Morgan fingerprint density at radius 2 is 2.00 bits per heavy atom. The number of furan rings is 1. The molecule has 0 spiro atoms. The van der Waals surface area contributed by atoms with E-state index in [2.05, 4.69) is 5.32 Å². The third-order valence-corrected chi connectivity index (χ3v) is 3.27.